The zero-order valence-electron chi connectivity index (χ0n) is 31.3. The van der Waals surface area contributed by atoms with Crippen LogP contribution in [0, 0.1) is 0 Å². The van der Waals surface area contributed by atoms with Crippen LogP contribution in [0.5, 0.6) is 0 Å². The first-order valence-electron chi connectivity index (χ1n) is 19.8. The summed E-state index contributed by atoms with van der Waals surface area (Å²) in [4.78, 5) is 0. The maximum Gasteiger partial charge on any atom is 0.137 e. The Hall–Kier alpha value is -7.82. The van der Waals surface area contributed by atoms with Crippen molar-refractivity contribution in [2.24, 2.45) is 0 Å². The number of hydrogen-bond donors (Lipinski definition) is 0. The van der Waals surface area contributed by atoms with Crippen LogP contribution in [0.4, 0.5) is 0 Å². The van der Waals surface area contributed by atoms with Crippen LogP contribution >= 0.6 is 0 Å². The van der Waals surface area contributed by atoms with E-state index in [1.54, 1.807) is 0 Å². The first-order valence-corrected chi connectivity index (χ1v) is 19.8. The van der Waals surface area contributed by atoms with Crippen molar-refractivity contribution in [3.63, 3.8) is 0 Å². The number of nitrogens with zero attached hydrogens (tertiary/aromatic N) is 3. The molecule has 0 saturated carbocycles. The summed E-state index contributed by atoms with van der Waals surface area (Å²) in [6.45, 7) is 0. The van der Waals surface area contributed by atoms with Crippen molar-refractivity contribution in [2.45, 2.75) is 0 Å². The molecule has 0 aliphatic carbocycles. The van der Waals surface area contributed by atoms with Gasteiger partial charge in [0.05, 0.1) is 33.1 Å². The van der Waals surface area contributed by atoms with E-state index in [0.29, 0.717) is 0 Å². The first-order chi connectivity index (χ1) is 28.8. The quantitative estimate of drug-likeness (QED) is 0.177. The van der Waals surface area contributed by atoms with Gasteiger partial charge in [-0.05, 0) is 90.0 Å². The van der Waals surface area contributed by atoms with Gasteiger partial charge in [-0.15, -0.1) is 0 Å². The van der Waals surface area contributed by atoms with E-state index in [9.17, 15) is 0 Å². The summed E-state index contributed by atoms with van der Waals surface area (Å²) in [5, 5.41) is 9.66. The molecule has 0 spiro atoms. The van der Waals surface area contributed by atoms with E-state index >= 15 is 0 Å². The number of hydrogen-bond acceptors (Lipinski definition) is 1. The molecular formula is C54H33N3O. The van der Waals surface area contributed by atoms with Crippen LogP contribution in [0.1, 0.15) is 0 Å². The Kier molecular flexibility index (Phi) is 6.41. The monoisotopic (exact) mass is 739 g/mol. The topological polar surface area (TPSA) is 27.9 Å². The molecule has 0 N–H and O–H groups in total. The highest BCUT2D eigenvalue weighted by atomic mass is 16.3. The molecule has 0 unspecified atom stereocenters. The number of rotatable bonds is 4. The molecule has 13 aromatic rings. The van der Waals surface area contributed by atoms with Gasteiger partial charge in [0.15, 0.2) is 0 Å². The number of furan rings is 1. The van der Waals surface area contributed by atoms with Crippen LogP contribution in [0.3, 0.4) is 0 Å². The van der Waals surface area contributed by atoms with E-state index < -0.39 is 0 Å². The SMILES string of the molecule is c1ccc(-n2c3cc(-c4ccc5c(c4)c4c(ccc6c7ccccc7n(-c7ccccc7)c64)n5-c4ccccc4)ccc3c3cc4c(cc32)oc2ccccc24)cc1. The lowest BCUT2D eigenvalue weighted by Gasteiger charge is -2.10. The third-order valence-electron chi connectivity index (χ3n) is 12.2. The van der Waals surface area contributed by atoms with Gasteiger partial charge in [0, 0.05) is 66.2 Å². The first kappa shape index (κ1) is 31.4. The number of benzene rings is 9. The van der Waals surface area contributed by atoms with E-state index in [-0.39, 0.29) is 0 Å². The fourth-order valence-electron chi connectivity index (χ4n) is 9.71. The van der Waals surface area contributed by atoms with Gasteiger partial charge in [0.2, 0.25) is 0 Å². The van der Waals surface area contributed by atoms with E-state index in [2.05, 4.69) is 208 Å². The second-order valence-corrected chi connectivity index (χ2v) is 15.3. The maximum atomic E-state index is 6.42. The predicted octanol–water partition coefficient (Wildman–Crippen LogP) is 14.5. The van der Waals surface area contributed by atoms with Gasteiger partial charge in [-0.25, -0.2) is 0 Å². The van der Waals surface area contributed by atoms with Crippen LogP contribution in [0.2, 0.25) is 0 Å². The largest absolute Gasteiger partial charge is 0.456 e. The summed E-state index contributed by atoms with van der Waals surface area (Å²) in [6.07, 6.45) is 0. The van der Waals surface area contributed by atoms with E-state index in [1.165, 1.54) is 65.5 Å². The average Bonchev–Trinajstić information content (AvgIpc) is 4.02. The average molecular weight is 740 g/mol. The van der Waals surface area contributed by atoms with Gasteiger partial charge in [-0.1, -0.05) is 115 Å². The lowest BCUT2D eigenvalue weighted by molar-refractivity contribution is 0.669. The van der Waals surface area contributed by atoms with Gasteiger partial charge in [-0.3, -0.25) is 0 Å². The molecule has 4 nitrogen and oxygen atoms in total. The second kappa shape index (κ2) is 11.8. The minimum Gasteiger partial charge on any atom is -0.456 e. The van der Waals surface area contributed by atoms with Crippen molar-refractivity contribution in [1.82, 2.24) is 13.7 Å². The third kappa shape index (κ3) is 4.34. The Balaban J connectivity index is 1.12. The van der Waals surface area contributed by atoms with Gasteiger partial charge in [-0.2, -0.15) is 0 Å². The lowest BCUT2D eigenvalue weighted by atomic mass is 10.00. The predicted molar refractivity (Wildman–Crippen MR) is 242 cm³/mol. The molecule has 9 aromatic carbocycles. The summed E-state index contributed by atoms with van der Waals surface area (Å²) in [5.74, 6) is 0. The van der Waals surface area contributed by atoms with E-state index in [4.69, 9.17) is 4.42 Å². The van der Waals surface area contributed by atoms with Gasteiger partial charge < -0.3 is 18.1 Å². The molecule has 0 amide bonds. The zero-order chi connectivity index (χ0) is 37.9. The second-order valence-electron chi connectivity index (χ2n) is 15.3. The molecule has 58 heavy (non-hydrogen) atoms. The van der Waals surface area contributed by atoms with Crippen LogP contribution in [-0.4, -0.2) is 13.7 Å². The molecule has 4 aromatic heterocycles. The number of aromatic nitrogens is 3. The maximum absolute atomic E-state index is 6.42. The van der Waals surface area contributed by atoms with Crippen LogP contribution in [0.15, 0.2) is 205 Å². The molecule has 13 rings (SSSR count). The summed E-state index contributed by atoms with van der Waals surface area (Å²) < 4.78 is 13.7. The standard InChI is InChI=1S/C54H33N3O/c1-4-14-36(15-5-1)55-47-28-25-34(30-45(47)53-48(55)29-27-42-39-20-10-12-22-46(39)57(54(42)53)38-18-8-3-9-19-38)35-24-26-40-43-32-44-41-21-11-13-23-51(41)58-52(44)33-50(43)56(49(40)31-35)37-16-6-2-7-17-37/h1-33H. The summed E-state index contributed by atoms with van der Waals surface area (Å²) >= 11 is 0. The Labute approximate surface area is 332 Å². The Morgan fingerprint density at radius 2 is 0.810 bits per heavy atom. The van der Waals surface area contributed by atoms with Gasteiger partial charge in [0.1, 0.15) is 11.2 Å². The highest BCUT2D eigenvalue weighted by Gasteiger charge is 2.22. The highest BCUT2D eigenvalue weighted by molar-refractivity contribution is 6.26. The molecule has 4 heteroatoms. The Bertz CT molecular complexity index is 3770. The highest BCUT2D eigenvalue weighted by Crippen LogP contribution is 2.44. The molecule has 4 heterocycles. The summed E-state index contributed by atoms with van der Waals surface area (Å²) in [5.41, 5.74) is 14.6. The number of para-hydroxylation sites is 5. The van der Waals surface area contributed by atoms with Crippen molar-refractivity contribution in [3.8, 4) is 28.2 Å². The molecule has 270 valence electrons. The molecule has 0 bridgehead atoms. The molecule has 0 atom stereocenters. The Morgan fingerprint density at radius 1 is 0.276 bits per heavy atom. The minimum atomic E-state index is 0.897. The fourth-order valence-corrected chi connectivity index (χ4v) is 9.71. The normalized spacial score (nSPS) is 12.1. The van der Waals surface area contributed by atoms with Crippen molar-refractivity contribution >= 4 is 87.4 Å². The zero-order valence-corrected chi connectivity index (χ0v) is 31.3. The van der Waals surface area contributed by atoms with E-state index in [0.717, 1.165) is 50.0 Å². The van der Waals surface area contributed by atoms with Crippen molar-refractivity contribution in [2.75, 3.05) is 0 Å². The Morgan fingerprint density at radius 3 is 1.57 bits per heavy atom. The molecule has 0 aliphatic rings. The molecule has 0 radical (unpaired) electrons. The van der Waals surface area contributed by atoms with Crippen molar-refractivity contribution < 1.29 is 4.42 Å². The third-order valence-corrected chi connectivity index (χ3v) is 12.2. The molecular weight excluding hydrogens is 707 g/mol. The summed E-state index contributed by atoms with van der Waals surface area (Å²) in [7, 11) is 0. The van der Waals surface area contributed by atoms with Crippen LogP contribution < -0.4 is 0 Å². The van der Waals surface area contributed by atoms with Crippen LogP contribution in [-0.2, 0) is 0 Å². The number of fused-ring (bicyclic) bond motifs is 13. The van der Waals surface area contributed by atoms with Gasteiger partial charge in [0.25, 0.3) is 0 Å². The molecule has 0 fully saturated rings. The molecule has 0 saturated heterocycles. The fraction of sp³-hybridized carbons (Fsp3) is 0. The van der Waals surface area contributed by atoms with Crippen molar-refractivity contribution in [1.29, 1.82) is 0 Å². The van der Waals surface area contributed by atoms with Gasteiger partial charge >= 0.3 is 0 Å². The van der Waals surface area contributed by atoms with E-state index in [1.807, 2.05) is 6.07 Å². The van der Waals surface area contributed by atoms with Crippen LogP contribution in [0.25, 0.3) is 116 Å². The smallest absolute Gasteiger partial charge is 0.137 e. The van der Waals surface area contributed by atoms with Crippen molar-refractivity contribution in [3.05, 3.63) is 200 Å². The summed E-state index contributed by atoms with van der Waals surface area (Å²) in [6, 6.07) is 72.5. The molecule has 0 aliphatic heterocycles. The minimum absolute atomic E-state index is 0.897. The lowest BCUT2D eigenvalue weighted by Crippen LogP contribution is -1.95.